The van der Waals surface area contributed by atoms with Crippen molar-refractivity contribution in [3.8, 4) is 0 Å². The van der Waals surface area contributed by atoms with Crippen LogP contribution in [0.25, 0.3) is 0 Å². The van der Waals surface area contributed by atoms with Crippen LogP contribution >= 0.6 is 0 Å². The molecule has 2 aliphatic rings. The van der Waals surface area contributed by atoms with Gasteiger partial charge in [0.1, 0.15) is 6.10 Å². The second-order valence-electron chi connectivity index (χ2n) is 5.45. The first kappa shape index (κ1) is 12.1. The quantitative estimate of drug-likeness (QED) is 0.723. The van der Waals surface area contributed by atoms with Crippen molar-refractivity contribution in [2.45, 2.75) is 39.2 Å². The van der Waals surface area contributed by atoms with Gasteiger partial charge in [0.05, 0.1) is 19.8 Å². The molecule has 0 radical (unpaired) electrons. The molecule has 0 aromatic heterocycles. The van der Waals surface area contributed by atoms with Crippen molar-refractivity contribution in [2.75, 3.05) is 19.8 Å². The summed E-state index contributed by atoms with van der Waals surface area (Å²) in [6.07, 6.45) is 3.02. The Morgan fingerprint density at radius 2 is 1.75 bits per heavy atom. The van der Waals surface area contributed by atoms with Gasteiger partial charge in [-0.05, 0) is 31.1 Å². The van der Waals surface area contributed by atoms with Gasteiger partial charge in [-0.3, -0.25) is 4.79 Å². The van der Waals surface area contributed by atoms with E-state index in [4.69, 9.17) is 9.47 Å². The largest absolute Gasteiger partial charge is 0.376 e. The first-order valence-electron chi connectivity index (χ1n) is 6.40. The van der Waals surface area contributed by atoms with Gasteiger partial charge in [0.2, 0.25) is 0 Å². The lowest BCUT2D eigenvalue weighted by Gasteiger charge is -2.33. The lowest BCUT2D eigenvalue weighted by atomic mass is 9.74. The average molecular weight is 226 g/mol. The van der Waals surface area contributed by atoms with Crippen LogP contribution in [0.1, 0.15) is 33.1 Å². The maximum absolute atomic E-state index is 12.2. The number of Topliss-reactive ketones (excluding diaryl/α,β-unsaturated/α-hetero) is 1. The number of hydrogen-bond donors (Lipinski definition) is 0. The van der Waals surface area contributed by atoms with Crippen molar-refractivity contribution in [3.63, 3.8) is 0 Å². The summed E-state index contributed by atoms with van der Waals surface area (Å²) in [7, 11) is 0. The molecule has 1 heterocycles. The number of carbonyl (C=O) groups excluding carboxylic acids is 1. The molecule has 0 aromatic carbocycles. The molecule has 0 N–H and O–H groups in total. The van der Waals surface area contributed by atoms with Crippen molar-refractivity contribution in [2.24, 2.45) is 17.8 Å². The fraction of sp³-hybridized carbons (Fsp3) is 0.923. The zero-order valence-electron chi connectivity index (χ0n) is 10.3. The molecular formula is C13H22O3. The molecule has 1 saturated carbocycles. The van der Waals surface area contributed by atoms with Gasteiger partial charge in [0, 0.05) is 5.92 Å². The lowest BCUT2D eigenvalue weighted by molar-refractivity contribution is -0.151. The molecule has 3 heteroatoms. The van der Waals surface area contributed by atoms with Crippen molar-refractivity contribution in [3.05, 3.63) is 0 Å². The third-order valence-electron chi connectivity index (χ3n) is 3.71. The van der Waals surface area contributed by atoms with E-state index in [1.165, 1.54) is 6.42 Å². The zero-order valence-corrected chi connectivity index (χ0v) is 10.3. The molecule has 2 fully saturated rings. The second-order valence-corrected chi connectivity index (χ2v) is 5.45. The van der Waals surface area contributed by atoms with Gasteiger partial charge in [-0.1, -0.05) is 13.8 Å². The van der Waals surface area contributed by atoms with Gasteiger partial charge in [-0.2, -0.15) is 0 Å². The van der Waals surface area contributed by atoms with E-state index in [1.807, 2.05) is 0 Å². The highest BCUT2D eigenvalue weighted by Gasteiger charge is 2.34. The van der Waals surface area contributed by atoms with E-state index in [9.17, 15) is 4.79 Å². The van der Waals surface area contributed by atoms with Gasteiger partial charge >= 0.3 is 0 Å². The van der Waals surface area contributed by atoms with Crippen molar-refractivity contribution < 1.29 is 14.3 Å². The average Bonchev–Trinajstić information content (AvgIpc) is 2.28. The van der Waals surface area contributed by atoms with Gasteiger partial charge in [0.25, 0.3) is 0 Å². The minimum Gasteiger partial charge on any atom is -0.376 e. The normalized spacial score (nSPS) is 40.6. The molecule has 0 spiro atoms. The van der Waals surface area contributed by atoms with E-state index in [0.717, 1.165) is 12.8 Å². The number of rotatable bonds is 2. The topological polar surface area (TPSA) is 35.5 Å². The summed E-state index contributed by atoms with van der Waals surface area (Å²) in [5.74, 6) is 1.81. The highest BCUT2D eigenvalue weighted by Crippen LogP contribution is 2.34. The predicted octanol–water partition coefficient (Wildman–Crippen LogP) is 2.04. The number of ketones is 1. The van der Waals surface area contributed by atoms with Crippen molar-refractivity contribution in [1.29, 1.82) is 0 Å². The molecule has 1 aliphatic carbocycles. The third kappa shape index (κ3) is 2.83. The van der Waals surface area contributed by atoms with Gasteiger partial charge < -0.3 is 9.47 Å². The fourth-order valence-corrected chi connectivity index (χ4v) is 3.09. The molecule has 0 bridgehead atoms. The van der Waals surface area contributed by atoms with Crippen LogP contribution in [-0.2, 0) is 14.3 Å². The highest BCUT2D eigenvalue weighted by molar-refractivity contribution is 5.85. The molecule has 1 aliphatic heterocycles. The molecule has 0 aromatic rings. The monoisotopic (exact) mass is 226 g/mol. The summed E-state index contributed by atoms with van der Waals surface area (Å²) < 4.78 is 10.8. The Balaban J connectivity index is 1.92. The van der Waals surface area contributed by atoms with Crippen LogP contribution in [-0.4, -0.2) is 31.7 Å². The van der Waals surface area contributed by atoms with Crippen LogP contribution in [0.5, 0.6) is 0 Å². The SMILES string of the molecule is CC1CC(C)CC(C(=O)C2COCCO2)C1. The standard InChI is InChI=1S/C13H22O3/c1-9-5-10(2)7-11(6-9)13(14)12-8-15-3-4-16-12/h9-12H,3-8H2,1-2H3. The summed E-state index contributed by atoms with van der Waals surface area (Å²) in [5.41, 5.74) is 0. The Kier molecular flexibility index (Phi) is 3.98. The van der Waals surface area contributed by atoms with E-state index < -0.39 is 0 Å². The third-order valence-corrected chi connectivity index (χ3v) is 3.71. The maximum Gasteiger partial charge on any atom is 0.167 e. The van der Waals surface area contributed by atoms with Crippen LogP contribution in [0.3, 0.4) is 0 Å². The van der Waals surface area contributed by atoms with Crippen molar-refractivity contribution >= 4 is 5.78 Å². The Morgan fingerprint density at radius 3 is 2.31 bits per heavy atom. The predicted molar refractivity (Wildman–Crippen MR) is 61.2 cm³/mol. The van der Waals surface area contributed by atoms with E-state index in [1.54, 1.807) is 0 Å². The molecule has 3 atom stereocenters. The van der Waals surface area contributed by atoms with Crippen LogP contribution < -0.4 is 0 Å². The fourth-order valence-electron chi connectivity index (χ4n) is 3.09. The minimum atomic E-state index is -0.295. The molecular weight excluding hydrogens is 204 g/mol. The summed E-state index contributed by atoms with van der Waals surface area (Å²) in [4.78, 5) is 12.2. The van der Waals surface area contributed by atoms with Crippen molar-refractivity contribution in [1.82, 2.24) is 0 Å². The summed E-state index contributed by atoms with van der Waals surface area (Å²) in [6, 6.07) is 0. The first-order chi connectivity index (χ1) is 7.66. The maximum atomic E-state index is 12.2. The smallest absolute Gasteiger partial charge is 0.167 e. The Bertz CT molecular complexity index is 236. The summed E-state index contributed by atoms with van der Waals surface area (Å²) >= 11 is 0. The van der Waals surface area contributed by atoms with Gasteiger partial charge in [0.15, 0.2) is 5.78 Å². The van der Waals surface area contributed by atoms with Crippen LogP contribution in [0.2, 0.25) is 0 Å². The Hall–Kier alpha value is -0.410. The lowest BCUT2D eigenvalue weighted by Crippen LogP contribution is -2.41. The number of ether oxygens (including phenoxy) is 2. The molecule has 1 saturated heterocycles. The van der Waals surface area contributed by atoms with Gasteiger partial charge in [-0.15, -0.1) is 0 Å². The van der Waals surface area contributed by atoms with E-state index in [-0.39, 0.29) is 17.8 Å². The Labute approximate surface area is 97.5 Å². The van der Waals surface area contributed by atoms with Crippen LogP contribution in [0.15, 0.2) is 0 Å². The zero-order chi connectivity index (χ0) is 11.5. The highest BCUT2D eigenvalue weighted by atomic mass is 16.6. The van der Waals surface area contributed by atoms with E-state index in [0.29, 0.717) is 31.7 Å². The molecule has 3 nitrogen and oxygen atoms in total. The van der Waals surface area contributed by atoms with Gasteiger partial charge in [-0.25, -0.2) is 0 Å². The molecule has 0 amide bonds. The molecule has 16 heavy (non-hydrogen) atoms. The van der Waals surface area contributed by atoms with Crippen LogP contribution in [0, 0.1) is 17.8 Å². The molecule has 92 valence electrons. The second kappa shape index (κ2) is 5.28. The first-order valence-corrected chi connectivity index (χ1v) is 6.40. The van der Waals surface area contributed by atoms with E-state index in [2.05, 4.69) is 13.8 Å². The summed E-state index contributed by atoms with van der Waals surface area (Å²) in [5, 5.41) is 0. The minimum absolute atomic E-state index is 0.199. The van der Waals surface area contributed by atoms with Crippen LogP contribution in [0.4, 0.5) is 0 Å². The molecule has 3 unspecified atom stereocenters. The number of carbonyl (C=O) groups is 1. The van der Waals surface area contributed by atoms with E-state index >= 15 is 0 Å². The summed E-state index contributed by atoms with van der Waals surface area (Å²) in [6.45, 7) is 6.13. The molecule has 2 rings (SSSR count). The number of hydrogen-bond acceptors (Lipinski definition) is 3. The Morgan fingerprint density at radius 1 is 1.06 bits per heavy atom.